The number of nitrogens with one attached hydrogen (secondary N) is 2. The second-order valence-corrected chi connectivity index (χ2v) is 19.4. The number of aryl methyl sites for hydroxylation is 2. The molecule has 0 spiro atoms. The highest BCUT2D eigenvalue weighted by Crippen LogP contribution is 2.58. The second-order valence-electron chi connectivity index (χ2n) is 18.0. The summed E-state index contributed by atoms with van der Waals surface area (Å²) >= 11 is 0. The number of fused-ring (bicyclic) bond motifs is 2. The number of nitriles is 1. The molecule has 5 heterocycles. The SMILES string of the molecule is COc1ccc(C(OC[C@]23O[C@@H](n4cc(C)c(=O)[nH]c4=O)[C@H](O[C@@H]2Cn2cc(Cn4cc(C)c(=O)[nH]c4=O)nn2)[C@@H]3OP(OCCC#N)N(C(C)C)C(C)C)(c2ccccc2)c2ccc(OC)cc2)cc1. The first-order chi connectivity index (χ1) is 34.1. The Morgan fingerprint density at radius 3 is 2.01 bits per heavy atom. The average Bonchev–Trinajstić information content (AvgIpc) is 4.01. The van der Waals surface area contributed by atoms with Crippen molar-refractivity contribution in [2.75, 3.05) is 27.4 Å². The lowest BCUT2D eigenvalue weighted by atomic mass is 9.79. The minimum atomic E-state index is -1.97. The van der Waals surface area contributed by atoms with Gasteiger partial charge in [-0.3, -0.25) is 28.7 Å². The quantitative estimate of drug-likeness (QED) is 0.0545. The van der Waals surface area contributed by atoms with Crippen molar-refractivity contribution in [2.45, 2.75) is 109 Å². The number of aromatic nitrogens is 7. The fraction of sp³-hybridized carbons (Fsp3) is 0.420. The molecule has 6 atom stereocenters. The van der Waals surface area contributed by atoms with E-state index in [1.54, 1.807) is 38.9 Å². The van der Waals surface area contributed by atoms with Crippen LogP contribution in [-0.2, 0) is 41.9 Å². The molecule has 71 heavy (non-hydrogen) atoms. The number of rotatable bonds is 21. The van der Waals surface area contributed by atoms with Gasteiger partial charge in [-0.2, -0.15) is 5.26 Å². The van der Waals surface area contributed by atoms with E-state index >= 15 is 0 Å². The molecular formula is C50H58N9O11P. The molecule has 0 aliphatic carbocycles. The Balaban J connectivity index is 1.31. The molecule has 8 rings (SSSR count). The van der Waals surface area contributed by atoms with Crippen molar-refractivity contribution < 1.29 is 32.7 Å². The summed E-state index contributed by atoms with van der Waals surface area (Å²) in [6.07, 6.45) is 0.475. The summed E-state index contributed by atoms with van der Waals surface area (Å²) < 4.78 is 53.4. The topological polar surface area (TPSA) is 232 Å². The van der Waals surface area contributed by atoms with Gasteiger partial charge in [-0.1, -0.05) is 59.8 Å². The van der Waals surface area contributed by atoms with E-state index in [2.05, 4.69) is 31.0 Å². The van der Waals surface area contributed by atoms with E-state index in [-0.39, 0.29) is 50.4 Å². The van der Waals surface area contributed by atoms with Crippen molar-refractivity contribution in [2.24, 2.45) is 0 Å². The van der Waals surface area contributed by atoms with Gasteiger partial charge in [-0.25, -0.2) is 18.9 Å². The highest BCUT2D eigenvalue weighted by atomic mass is 31.2. The molecule has 2 N–H and O–H groups in total. The van der Waals surface area contributed by atoms with Gasteiger partial charge in [0.2, 0.25) is 0 Å². The number of methoxy groups -OCH3 is 2. The number of hydrogen-bond donors (Lipinski definition) is 2. The van der Waals surface area contributed by atoms with Crippen LogP contribution in [0.15, 0.2) is 117 Å². The number of aromatic amines is 2. The van der Waals surface area contributed by atoms with Gasteiger partial charge in [-0.15, -0.1) is 5.10 Å². The summed E-state index contributed by atoms with van der Waals surface area (Å²) in [5.41, 5.74) is -2.08. The van der Waals surface area contributed by atoms with Gasteiger partial charge >= 0.3 is 11.4 Å². The molecular weight excluding hydrogens is 934 g/mol. The molecule has 3 aromatic carbocycles. The van der Waals surface area contributed by atoms with Crippen LogP contribution in [-0.4, -0.2) is 102 Å². The van der Waals surface area contributed by atoms with Crippen LogP contribution in [0.2, 0.25) is 0 Å². The van der Waals surface area contributed by atoms with E-state index in [4.69, 9.17) is 32.7 Å². The third kappa shape index (κ3) is 10.2. The lowest BCUT2D eigenvalue weighted by Gasteiger charge is -2.43. The van der Waals surface area contributed by atoms with Crippen molar-refractivity contribution >= 4 is 8.53 Å². The van der Waals surface area contributed by atoms with Gasteiger partial charge in [0.25, 0.3) is 19.6 Å². The van der Waals surface area contributed by atoms with Gasteiger partial charge in [-0.05, 0) is 82.5 Å². The monoisotopic (exact) mass is 991 g/mol. The molecule has 2 aliphatic rings. The van der Waals surface area contributed by atoms with Crippen molar-refractivity contribution in [3.63, 3.8) is 0 Å². The number of ether oxygens (including phenoxy) is 5. The summed E-state index contributed by atoms with van der Waals surface area (Å²) in [6.45, 7) is 11.1. The summed E-state index contributed by atoms with van der Waals surface area (Å²) in [5, 5.41) is 18.4. The van der Waals surface area contributed by atoms with Crippen LogP contribution in [0.3, 0.4) is 0 Å². The third-order valence-electron chi connectivity index (χ3n) is 12.7. The Morgan fingerprint density at radius 1 is 0.831 bits per heavy atom. The first-order valence-corrected chi connectivity index (χ1v) is 24.3. The Labute approximate surface area is 410 Å². The van der Waals surface area contributed by atoms with Gasteiger partial charge in [0, 0.05) is 35.6 Å². The van der Waals surface area contributed by atoms with E-state index in [9.17, 15) is 24.4 Å². The van der Waals surface area contributed by atoms with E-state index in [1.807, 2.05) is 107 Å². The maximum atomic E-state index is 13.9. The number of hydrogen-bond acceptors (Lipinski definition) is 15. The molecule has 6 aromatic rings. The maximum absolute atomic E-state index is 13.9. The maximum Gasteiger partial charge on any atom is 0.330 e. The molecule has 0 amide bonds. The summed E-state index contributed by atoms with van der Waals surface area (Å²) in [5.74, 6) is 1.26. The third-order valence-corrected chi connectivity index (χ3v) is 14.8. The van der Waals surface area contributed by atoms with Crippen molar-refractivity contribution in [3.05, 3.63) is 173 Å². The standard InChI is InChI=1S/C50H58N9O11P/c1-31(2)59(32(3)4)71(67-24-12-23-51)70-43-42-46(58-26-34(6)45(61)53-48(58)63)69-49(43,41(68-42)29-57-28-38(54-55-57)27-56-25-33(5)44(60)52-47(56)62)30-66-50(35-13-10-9-11-14-35,36-15-19-39(64-7)20-16-36)37-17-21-40(65-8)22-18-37/h9-11,13-22,25-26,28,31-32,41-43,46H,12,24,27,29-30H2,1-8H3,(H,52,60,62)(H,53,61,63)/t41-,42-,43+,46-,49+,71?/m1/s1. The zero-order chi connectivity index (χ0) is 50.6. The fourth-order valence-electron chi connectivity index (χ4n) is 9.30. The van der Waals surface area contributed by atoms with Crippen LogP contribution in [0.1, 0.15) is 73.9 Å². The van der Waals surface area contributed by atoms with Crippen LogP contribution in [0.25, 0.3) is 0 Å². The van der Waals surface area contributed by atoms with Crippen molar-refractivity contribution in [1.29, 1.82) is 5.26 Å². The van der Waals surface area contributed by atoms with Crippen LogP contribution >= 0.6 is 8.53 Å². The zero-order valence-corrected chi connectivity index (χ0v) is 41.7. The largest absolute Gasteiger partial charge is 0.497 e. The van der Waals surface area contributed by atoms with Gasteiger partial charge < -0.3 is 32.7 Å². The summed E-state index contributed by atoms with van der Waals surface area (Å²) in [6, 6.07) is 26.9. The predicted molar refractivity (Wildman–Crippen MR) is 261 cm³/mol. The Bertz CT molecular complexity index is 3020. The molecule has 2 fully saturated rings. The molecule has 20 nitrogen and oxygen atoms in total. The van der Waals surface area contributed by atoms with Crippen LogP contribution in [0.5, 0.6) is 11.5 Å². The number of H-pyrrole nitrogens is 2. The molecule has 2 aliphatic heterocycles. The summed E-state index contributed by atoms with van der Waals surface area (Å²) in [4.78, 5) is 56.3. The highest BCUT2D eigenvalue weighted by Gasteiger charge is 2.70. The Hall–Kier alpha value is -6.56. The van der Waals surface area contributed by atoms with E-state index in [0.29, 0.717) is 22.8 Å². The smallest absolute Gasteiger partial charge is 0.330 e. The molecule has 0 radical (unpaired) electrons. The van der Waals surface area contributed by atoms with Crippen molar-refractivity contribution in [3.8, 4) is 17.6 Å². The second kappa shape index (κ2) is 21.4. The number of nitrogens with zero attached hydrogens (tertiary/aromatic N) is 7. The Morgan fingerprint density at radius 2 is 1.42 bits per heavy atom. The highest BCUT2D eigenvalue weighted by molar-refractivity contribution is 7.44. The molecule has 374 valence electrons. The zero-order valence-electron chi connectivity index (χ0n) is 40.8. The fourth-order valence-corrected chi connectivity index (χ4v) is 11.1. The molecule has 21 heteroatoms. The Kier molecular flexibility index (Phi) is 15.3. The first-order valence-electron chi connectivity index (χ1n) is 23.2. The van der Waals surface area contributed by atoms with Crippen LogP contribution < -0.4 is 32.0 Å². The van der Waals surface area contributed by atoms with Gasteiger partial charge in [0.05, 0.1) is 59.2 Å². The molecule has 2 bridgehead atoms. The van der Waals surface area contributed by atoms with E-state index in [1.165, 1.54) is 21.5 Å². The van der Waals surface area contributed by atoms with Crippen molar-refractivity contribution in [1.82, 2.24) is 38.8 Å². The first kappa shape index (κ1) is 50.8. The minimum Gasteiger partial charge on any atom is -0.497 e. The van der Waals surface area contributed by atoms with Gasteiger partial charge in [0.15, 0.2) is 11.8 Å². The molecule has 1 unspecified atom stereocenters. The minimum absolute atomic E-state index is 0.00549. The lowest BCUT2D eigenvalue weighted by Crippen LogP contribution is -2.55. The predicted octanol–water partition coefficient (Wildman–Crippen LogP) is 5.07. The van der Waals surface area contributed by atoms with E-state index < -0.39 is 66.8 Å². The lowest BCUT2D eigenvalue weighted by molar-refractivity contribution is -0.239. The van der Waals surface area contributed by atoms with E-state index in [0.717, 1.165) is 16.7 Å². The summed E-state index contributed by atoms with van der Waals surface area (Å²) in [7, 11) is 1.22. The average molecular weight is 992 g/mol. The van der Waals surface area contributed by atoms with Crippen LogP contribution in [0, 0.1) is 25.2 Å². The van der Waals surface area contributed by atoms with Gasteiger partial charge in [0.1, 0.15) is 41.1 Å². The number of benzene rings is 3. The van der Waals surface area contributed by atoms with Crippen LogP contribution in [0.4, 0.5) is 0 Å². The molecule has 0 saturated carbocycles. The molecule has 2 saturated heterocycles. The molecule has 3 aromatic heterocycles. The normalized spacial score (nSPS) is 20.2.